The van der Waals surface area contributed by atoms with Gasteiger partial charge in [0, 0.05) is 19.5 Å². The Bertz CT molecular complexity index is 511. The van der Waals surface area contributed by atoms with Gasteiger partial charge in [-0.15, -0.1) is 0 Å². The third-order valence-electron chi connectivity index (χ3n) is 3.52. The summed E-state index contributed by atoms with van der Waals surface area (Å²) in [7, 11) is 0. The van der Waals surface area contributed by atoms with E-state index in [1.54, 1.807) is 0 Å². The highest BCUT2D eigenvalue weighted by Crippen LogP contribution is 2.18. The number of carboxylic acid groups (broad SMARTS) is 1. The first kappa shape index (κ1) is 15.1. The van der Waals surface area contributed by atoms with E-state index in [1.165, 1.54) is 23.5 Å². The number of amides is 2. The number of piperidine rings is 1. The molecule has 1 aliphatic heterocycles. The van der Waals surface area contributed by atoms with Crippen molar-refractivity contribution in [2.24, 2.45) is 0 Å². The smallest absolute Gasteiger partial charge is 0.326 e. The Morgan fingerprint density at radius 2 is 2.19 bits per heavy atom. The van der Waals surface area contributed by atoms with Gasteiger partial charge in [0.15, 0.2) is 0 Å². The van der Waals surface area contributed by atoms with Gasteiger partial charge in [0.05, 0.1) is 11.8 Å². The Labute approximate surface area is 121 Å². The number of hydrogen-bond donors (Lipinski definition) is 2. The van der Waals surface area contributed by atoms with Crippen LogP contribution in [0.3, 0.4) is 0 Å². The largest absolute Gasteiger partial charge is 0.480 e. The van der Waals surface area contributed by atoms with Crippen molar-refractivity contribution < 1.29 is 23.9 Å². The molecule has 0 aliphatic carbocycles. The molecule has 2 rings (SSSR count). The summed E-state index contributed by atoms with van der Waals surface area (Å²) in [4.78, 5) is 36.3. The number of aliphatic carboxylic acids is 1. The lowest BCUT2D eigenvalue weighted by Crippen LogP contribution is -2.48. The summed E-state index contributed by atoms with van der Waals surface area (Å²) in [6.07, 6.45) is 4.93. The lowest BCUT2D eigenvalue weighted by Gasteiger charge is -2.33. The number of furan rings is 1. The van der Waals surface area contributed by atoms with Gasteiger partial charge in [-0.05, 0) is 25.3 Å². The highest BCUT2D eigenvalue weighted by atomic mass is 16.4. The number of rotatable bonds is 5. The fraction of sp³-hybridized carbons (Fsp3) is 0.500. The zero-order chi connectivity index (χ0) is 15.2. The van der Waals surface area contributed by atoms with Crippen molar-refractivity contribution in [2.75, 3.05) is 13.1 Å². The highest BCUT2D eigenvalue weighted by Gasteiger charge is 2.31. The summed E-state index contributed by atoms with van der Waals surface area (Å²) < 4.78 is 4.80. The summed E-state index contributed by atoms with van der Waals surface area (Å²) in [6.45, 7) is 0.636. The molecular formula is C14H18N2O5. The molecule has 1 aliphatic rings. The maximum Gasteiger partial charge on any atom is 0.326 e. The standard InChI is InChI=1S/C14H18N2O5/c17-12(16-7-2-1-3-11(16)14(19)20)4-6-15-13(18)10-5-8-21-9-10/h5,8-9,11H,1-4,6-7H2,(H,15,18)(H,19,20)/t11-/m0/s1. The lowest BCUT2D eigenvalue weighted by molar-refractivity contribution is -0.152. The van der Waals surface area contributed by atoms with Crippen LogP contribution in [-0.4, -0.2) is 46.9 Å². The Hall–Kier alpha value is -2.31. The van der Waals surface area contributed by atoms with Crippen LogP contribution in [0.4, 0.5) is 0 Å². The van der Waals surface area contributed by atoms with Crippen LogP contribution in [0, 0.1) is 0 Å². The van der Waals surface area contributed by atoms with Crippen molar-refractivity contribution in [3.8, 4) is 0 Å². The van der Waals surface area contributed by atoms with E-state index < -0.39 is 12.0 Å². The predicted molar refractivity (Wildman–Crippen MR) is 72.6 cm³/mol. The molecule has 0 bridgehead atoms. The first-order valence-electron chi connectivity index (χ1n) is 6.92. The third-order valence-corrected chi connectivity index (χ3v) is 3.52. The number of nitrogens with one attached hydrogen (secondary N) is 1. The van der Waals surface area contributed by atoms with Gasteiger partial charge in [-0.2, -0.15) is 0 Å². The molecule has 0 radical (unpaired) electrons. The van der Waals surface area contributed by atoms with Gasteiger partial charge >= 0.3 is 5.97 Å². The zero-order valence-corrected chi connectivity index (χ0v) is 11.6. The van der Waals surface area contributed by atoms with E-state index in [1.807, 2.05) is 0 Å². The van der Waals surface area contributed by atoms with E-state index in [-0.39, 0.29) is 24.8 Å². The minimum absolute atomic E-state index is 0.0906. The number of carbonyl (C=O) groups excluding carboxylic acids is 2. The molecular weight excluding hydrogens is 276 g/mol. The number of carbonyl (C=O) groups is 3. The Balaban J connectivity index is 1.81. The first-order chi connectivity index (χ1) is 10.1. The van der Waals surface area contributed by atoms with Crippen LogP contribution in [0.5, 0.6) is 0 Å². The van der Waals surface area contributed by atoms with Crippen molar-refractivity contribution in [1.29, 1.82) is 0 Å². The topological polar surface area (TPSA) is 99.9 Å². The molecule has 21 heavy (non-hydrogen) atoms. The summed E-state index contributed by atoms with van der Waals surface area (Å²) >= 11 is 0. The monoisotopic (exact) mass is 294 g/mol. The van der Waals surface area contributed by atoms with Crippen molar-refractivity contribution in [1.82, 2.24) is 10.2 Å². The van der Waals surface area contributed by atoms with Gasteiger partial charge < -0.3 is 19.7 Å². The van der Waals surface area contributed by atoms with Gasteiger partial charge in [-0.25, -0.2) is 4.79 Å². The molecule has 0 aromatic carbocycles. The summed E-state index contributed by atoms with van der Waals surface area (Å²) in [5, 5.41) is 11.7. The van der Waals surface area contributed by atoms with Crippen molar-refractivity contribution in [2.45, 2.75) is 31.7 Å². The molecule has 2 amide bonds. The molecule has 114 valence electrons. The summed E-state index contributed by atoms with van der Waals surface area (Å²) in [5.41, 5.74) is 0.392. The maximum absolute atomic E-state index is 12.1. The number of hydrogen-bond acceptors (Lipinski definition) is 4. The second-order valence-electron chi connectivity index (χ2n) is 4.95. The van der Waals surface area contributed by atoms with Crippen LogP contribution in [0.1, 0.15) is 36.0 Å². The van der Waals surface area contributed by atoms with Crippen molar-refractivity contribution in [3.63, 3.8) is 0 Å². The number of likely N-dealkylation sites (tertiary alicyclic amines) is 1. The molecule has 1 atom stereocenters. The molecule has 2 heterocycles. The van der Waals surface area contributed by atoms with E-state index >= 15 is 0 Å². The van der Waals surface area contributed by atoms with Gasteiger partial charge in [-0.3, -0.25) is 9.59 Å². The summed E-state index contributed by atoms with van der Waals surface area (Å²) in [6, 6.07) is 0.790. The maximum atomic E-state index is 12.1. The van der Waals surface area contributed by atoms with E-state index in [9.17, 15) is 14.4 Å². The molecule has 1 saturated heterocycles. The lowest BCUT2D eigenvalue weighted by atomic mass is 10.0. The average Bonchev–Trinajstić information content (AvgIpc) is 3.01. The molecule has 7 nitrogen and oxygen atoms in total. The third kappa shape index (κ3) is 3.84. The Morgan fingerprint density at radius 1 is 1.38 bits per heavy atom. The van der Waals surface area contributed by atoms with E-state index in [0.29, 0.717) is 18.5 Å². The molecule has 0 spiro atoms. The van der Waals surface area contributed by atoms with E-state index in [4.69, 9.17) is 9.52 Å². The normalized spacial score (nSPS) is 18.3. The SMILES string of the molecule is O=C(NCCC(=O)N1CCCC[C@H]1C(=O)O)c1ccoc1. The summed E-state index contributed by atoms with van der Waals surface area (Å²) in [5.74, 6) is -1.52. The Kier molecular flexibility index (Phi) is 4.97. The van der Waals surface area contributed by atoms with Crippen LogP contribution in [0.15, 0.2) is 23.0 Å². The van der Waals surface area contributed by atoms with Crippen LogP contribution in [0.2, 0.25) is 0 Å². The minimum atomic E-state index is -0.967. The number of carboxylic acids is 1. The number of nitrogens with zero attached hydrogens (tertiary/aromatic N) is 1. The molecule has 1 aromatic heterocycles. The second kappa shape index (κ2) is 6.92. The molecule has 0 saturated carbocycles. The fourth-order valence-corrected chi connectivity index (χ4v) is 2.41. The van der Waals surface area contributed by atoms with Crippen LogP contribution in [-0.2, 0) is 9.59 Å². The van der Waals surface area contributed by atoms with Crippen LogP contribution < -0.4 is 5.32 Å². The Morgan fingerprint density at radius 3 is 2.86 bits per heavy atom. The minimum Gasteiger partial charge on any atom is -0.480 e. The highest BCUT2D eigenvalue weighted by molar-refractivity contribution is 5.94. The molecule has 0 unspecified atom stereocenters. The van der Waals surface area contributed by atoms with E-state index in [0.717, 1.165) is 12.8 Å². The fourth-order valence-electron chi connectivity index (χ4n) is 2.41. The van der Waals surface area contributed by atoms with Crippen molar-refractivity contribution in [3.05, 3.63) is 24.2 Å². The molecule has 7 heteroatoms. The van der Waals surface area contributed by atoms with Gasteiger partial charge in [-0.1, -0.05) is 0 Å². The molecule has 2 N–H and O–H groups in total. The van der Waals surface area contributed by atoms with Crippen LogP contribution in [0.25, 0.3) is 0 Å². The van der Waals surface area contributed by atoms with E-state index in [2.05, 4.69) is 5.32 Å². The zero-order valence-electron chi connectivity index (χ0n) is 11.6. The first-order valence-corrected chi connectivity index (χ1v) is 6.92. The van der Waals surface area contributed by atoms with Crippen LogP contribution >= 0.6 is 0 Å². The average molecular weight is 294 g/mol. The van der Waals surface area contributed by atoms with Gasteiger partial charge in [0.1, 0.15) is 12.3 Å². The van der Waals surface area contributed by atoms with Gasteiger partial charge in [0.25, 0.3) is 5.91 Å². The predicted octanol–water partition coefficient (Wildman–Crippen LogP) is 0.865. The van der Waals surface area contributed by atoms with Crippen molar-refractivity contribution >= 4 is 17.8 Å². The quantitative estimate of drug-likeness (QED) is 0.839. The second-order valence-corrected chi connectivity index (χ2v) is 4.95. The van der Waals surface area contributed by atoms with Gasteiger partial charge in [0.2, 0.25) is 5.91 Å². The molecule has 1 aromatic rings. The molecule has 1 fully saturated rings.